The van der Waals surface area contributed by atoms with Gasteiger partial charge in [0.2, 0.25) is 0 Å². The second-order valence-electron chi connectivity index (χ2n) is 5.43. The average molecular weight is 261 g/mol. The van der Waals surface area contributed by atoms with E-state index < -0.39 is 0 Å². The summed E-state index contributed by atoms with van der Waals surface area (Å²) in [6, 6.07) is 6.19. The average Bonchev–Trinajstić information content (AvgIpc) is 3.17. The number of imidazole rings is 1. The van der Waals surface area contributed by atoms with Crippen LogP contribution in [-0.4, -0.2) is 15.6 Å². The summed E-state index contributed by atoms with van der Waals surface area (Å²) in [4.78, 5) is 4.51. The van der Waals surface area contributed by atoms with Crippen LogP contribution in [0.1, 0.15) is 45.0 Å². The van der Waals surface area contributed by atoms with Gasteiger partial charge in [-0.2, -0.15) is 0 Å². The first kappa shape index (κ1) is 12.6. The minimum atomic E-state index is -0.221. The summed E-state index contributed by atoms with van der Waals surface area (Å²) in [6.07, 6.45) is 3.44. The van der Waals surface area contributed by atoms with Crippen LogP contribution in [-0.2, 0) is 6.54 Å². The number of nitrogens with one attached hydrogen (secondary N) is 1. The van der Waals surface area contributed by atoms with Gasteiger partial charge in [0.1, 0.15) is 11.3 Å². The van der Waals surface area contributed by atoms with Crippen molar-refractivity contribution >= 4 is 11.0 Å². The number of nitrogens with zero attached hydrogens (tertiary/aromatic N) is 2. The van der Waals surface area contributed by atoms with Crippen molar-refractivity contribution in [3.05, 3.63) is 29.8 Å². The molecule has 0 aliphatic heterocycles. The van der Waals surface area contributed by atoms with Gasteiger partial charge in [0.15, 0.2) is 5.82 Å². The lowest BCUT2D eigenvalue weighted by Gasteiger charge is -2.12. The summed E-state index contributed by atoms with van der Waals surface area (Å²) in [6.45, 7) is 5.02. The van der Waals surface area contributed by atoms with Crippen molar-refractivity contribution in [1.82, 2.24) is 14.9 Å². The molecule has 1 fully saturated rings. The van der Waals surface area contributed by atoms with Crippen molar-refractivity contribution < 1.29 is 4.39 Å². The topological polar surface area (TPSA) is 29.9 Å². The Balaban J connectivity index is 1.98. The fourth-order valence-corrected chi connectivity index (χ4v) is 2.41. The van der Waals surface area contributed by atoms with Crippen molar-refractivity contribution in [1.29, 1.82) is 0 Å². The molecule has 1 unspecified atom stereocenters. The number of para-hydroxylation sites is 1. The molecule has 0 amide bonds. The van der Waals surface area contributed by atoms with Crippen molar-refractivity contribution in [2.45, 2.75) is 51.7 Å². The molecule has 1 N–H and O–H groups in total. The molecular formula is C15H20FN3. The Morgan fingerprint density at radius 2 is 2.26 bits per heavy atom. The maximum Gasteiger partial charge on any atom is 0.151 e. The highest BCUT2D eigenvalue weighted by molar-refractivity contribution is 5.77. The van der Waals surface area contributed by atoms with E-state index in [1.54, 1.807) is 6.07 Å². The SMILES string of the molecule is CCC(C)NCc1nc2c(F)cccc2n1C1CC1. The Labute approximate surface area is 112 Å². The fraction of sp³-hybridized carbons (Fsp3) is 0.533. The van der Waals surface area contributed by atoms with E-state index in [-0.39, 0.29) is 5.82 Å². The van der Waals surface area contributed by atoms with E-state index in [4.69, 9.17) is 0 Å². The summed E-state index contributed by atoms with van der Waals surface area (Å²) < 4.78 is 16.0. The van der Waals surface area contributed by atoms with Crippen LogP contribution in [0.2, 0.25) is 0 Å². The van der Waals surface area contributed by atoms with Gasteiger partial charge >= 0.3 is 0 Å². The number of benzene rings is 1. The molecule has 0 saturated heterocycles. The Bertz CT molecular complexity index is 586. The Kier molecular flexibility index (Phi) is 3.27. The Morgan fingerprint density at radius 1 is 1.47 bits per heavy atom. The zero-order valence-corrected chi connectivity index (χ0v) is 11.5. The van der Waals surface area contributed by atoms with E-state index in [9.17, 15) is 4.39 Å². The Morgan fingerprint density at radius 3 is 2.95 bits per heavy atom. The highest BCUT2D eigenvalue weighted by Gasteiger charge is 2.28. The highest BCUT2D eigenvalue weighted by Crippen LogP contribution is 2.39. The normalized spacial score (nSPS) is 17.0. The van der Waals surface area contributed by atoms with Gasteiger partial charge in [-0.1, -0.05) is 13.0 Å². The molecule has 0 spiro atoms. The van der Waals surface area contributed by atoms with Gasteiger partial charge in [-0.25, -0.2) is 9.37 Å². The third kappa shape index (κ3) is 2.37. The molecule has 0 bridgehead atoms. The standard InChI is InChI=1S/C15H20FN3/c1-3-10(2)17-9-14-18-15-12(16)5-4-6-13(15)19(14)11-7-8-11/h4-6,10-11,17H,3,7-9H2,1-2H3. The highest BCUT2D eigenvalue weighted by atomic mass is 19.1. The minimum absolute atomic E-state index is 0.221. The van der Waals surface area contributed by atoms with Gasteiger partial charge < -0.3 is 9.88 Å². The van der Waals surface area contributed by atoms with Crippen molar-refractivity contribution in [2.24, 2.45) is 0 Å². The smallest absolute Gasteiger partial charge is 0.151 e. The van der Waals surface area contributed by atoms with E-state index in [1.165, 1.54) is 18.9 Å². The zero-order valence-electron chi connectivity index (χ0n) is 11.5. The predicted molar refractivity (Wildman–Crippen MR) is 74.6 cm³/mol. The maximum absolute atomic E-state index is 13.8. The molecule has 2 aromatic rings. The number of aromatic nitrogens is 2. The van der Waals surface area contributed by atoms with Gasteiger partial charge in [0.05, 0.1) is 12.1 Å². The fourth-order valence-electron chi connectivity index (χ4n) is 2.41. The van der Waals surface area contributed by atoms with E-state index in [2.05, 4.69) is 28.7 Å². The van der Waals surface area contributed by atoms with Crippen LogP contribution in [0, 0.1) is 5.82 Å². The molecule has 1 heterocycles. The van der Waals surface area contributed by atoms with Crippen molar-refractivity contribution in [3.63, 3.8) is 0 Å². The van der Waals surface area contributed by atoms with Crippen LogP contribution in [0.25, 0.3) is 11.0 Å². The molecular weight excluding hydrogens is 241 g/mol. The molecule has 3 nitrogen and oxygen atoms in total. The lowest BCUT2D eigenvalue weighted by molar-refractivity contribution is 0.511. The molecule has 1 aromatic carbocycles. The third-order valence-corrected chi connectivity index (χ3v) is 3.88. The Hall–Kier alpha value is -1.42. The van der Waals surface area contributed by atoms with Gasteiger partial charge in [-0.15, -0.1) is 0 Å². The third-order valence-electron chi connectivity index (χ3n) is 3.88. The quantitative estimate of drug-likeness (QED) is 0.894. The number of halogens is 1. The van der Waals surface area contributed by atoms with Crippen LogP contribution in [0.3, 0.4) is 0 Å². The van der Waals surface area contributed by atoms with E-state index in [0.717, 1.165) is 17.8 Å². The second kappa shape index (κ2) is 4.93. The summed E-state index contributed by atoms with van der Waals surface area (Å²) in [5.74, 6) is 0.740. The molecule has 1 aliphatic carbocycles. The van der Waals surface area contributed by atoms with Gasteiger partial charge in [-0.3, -0.25) is 0 Å². The molecule has 4 heteroatoms. The number of rotatable bonds is 5. The van der Waals surface area contributed by atoms with Crippen LogP contribution < -0.4 is 5.32 Å². The van der Waals surface area contributed by atoms with Gasteiger partial charge in [-0.05, 0) is 38.3 Å². The molecule has 1 aromatic heterocycles. The molecule has 1 atom stereocenters. The van der Waals surface area contributed by atoms with Crippen molar-refractivity contribution in [3.8, 4) is 0 Å². The predicted octanol–water partition coefficient (Wildman–Crippen LogP) is 3.40. The zero-order chi connectivity index (χ0) is 13.4. The molecule has 1 saturated carbocycles. The number of hydrogen-bond donors (Lipinski definition) is 1. The van der Waals surface area contributed by atoms with Crippen LogP contribution in [0.4, 0.5) is 4.39 Å². The first-order valence-electron chi connectivity index (χ1n) is 7.09. The van der Waals surface area contributed by atoms with Crippen LogP contribution in [0.5, 0.6) is 0 Å². The van der Waals surface area contributed by atoms with E-state index >= 15 is 0 Å². The monoisotopic (exact) mass is 261 g/mol. The van der Waals surface area contributed by atoms with Crippen molar-refractivity contribution in [2.75, 3.05) is 0 Å². The van der Waals surface area contributed by atoms with E-state index in [1.807, 2.05) is 6.07 Å². The first-order chi connectivity index (χ1) is 9.20. The summed E-state index contributed by atoms with van der Waals surface area (Å²) in [5, 5.41) is 3.45. The van der Waals surface area contributed by atoms with E-state index in [0.29, 0.717) is 24.1 Å². The largest absolute Gasteiger partial charge is 0.324 e. The molecule has 1 aliphatic rings. The molecule has 19 heavy (non-hydrogen) atoms. The number of hydrogen-bond acceptors (Lipinski definition) is 2. The molecule has 102 valence electrons. The second-order valence-corrected chi connectivity index (χ2v) is 5.43. The molecule has 3 rings (SSSR count). The lowest BCUT2D eigenvalue weighted by Crippen LogP contribution is -2.26. The number of fused-ring (bicyclic) bond motifs is 1. The van der Waals surface area contributed by atoms with Crippen LogP contribution in [0.15, 0.2) is 18.2 Å². The summed E-state index contributed by atoms with van der Waals surface area (Å²) in [7, 11) is 0. The van der Waals surface area contributed by atoms with Gasteiger partial charge in [0.25, 0.3) is 0 Å². The lowest BCUT2D eigenvalue weighted by atomic mass is 10.2. The van der Waals surface area contributed by atoms with Crippen LogP contribution >= 0.6 is 0 Å². The first-order valence-corrected chi connectivity index (χ1v) is 7.09. The summed E-state index contributed by atoms with van der Waals surface area (Å²) in [5.41, 5.74) is 1.44. The summed E-state index contributed by atoms with van der Waals surface area (Å²) >= 11 is 0. The maximum atomic E-state index is 13.8. The van der Waals surface area contributed by atoms with Gasteiger partial charge in [0, 0.05) is 12.1 Å². The molecule has 0 radical (unpaired) electrons. The minimum Gasteiger partial charge on any atom is -0.324 e.